The molecule has 7 atom stereocenters. The van der Waals surface area contributed by atoms with Gasteiger partial charge in [-0.25, -0.2) is 4.79 Å². The summed E-state index contributed by atoms with van der Waals surface area (Å²) in [5.74, 6) is -3.25. The first-order valence-electron chi connectivity index (χ1n) is 15.6. The third-order valence-corrected chi connectivity index (χ3v) is 7.98. The van der Waals surface area contributed by atoms with Crippen LogP contribution in [0.3, 0.4) is 0 Å². The van der Waals surface area contributed by atoms with Gasteiger partial charge in [0.2, 0.25) is 0 Å². The van der Waals surface area contributed by atoms with Crippen molar-refractivity contribution in [3.63, 3.8) is 0 Å². The van der Waals surface area contributed by atoms with Crippen LogP contribution in [0.1, 0.15) is 34.3 Å². The van der Waals surface area contributed by atoms with Crippen LogP contribution in [0.4, 0.5) is 0 Å². The molecule has 9 nitrogen and oxygen atoms in total. The van der Waals surface area contributed by atoms with E-state index >= 15 is 0 Å². The van der Waals surface area contributed by atoms with Gasteiger partial charge in [0.05, 0.1) is 24.0 Å². The predicted molar refractivity (Wildman–Crippen MR) is 175 cm³/mol. The number of aliphatic hydroxyl groups is 1. The van der Waals surface area contributed by atoms with Crippen LogP contribution in [0.25, 0.3) is 0 Å². The average molecular weight is 643 g/mol. The molecule has 3 aromatic rings. The fourth-order valence-corrected chi connectivity index (χ4v) is 5.57. The summed E-state index contributed by atoms with van der Waals surface area (Å²) < 4.78 is 29.6. The maximum absolute atomic E-state index is 13.9. The van der Waals surface area contributed by atoms with E-state index in [1.54, 1.807) is 42.5 Å². The zero-order valence-corrected chi connectivity index (χ0v) is 26.5. The summed E-state index contributed by atoms with van der Waals surface area (Å²) >= 11 is 0. The number of aliphatic hydroxyl groups excluding tert-OH is 1. The summed E-state index contributed by atoms with van der Waals surface area (Å²) in [6, 6.07) is 27.2. The monoisotopic (exact) mass is 642 g/mol. The highest BCUT2D eigenvalue weighted by Crippen LogP contribution is 2.32. The Labute approximate surface area is 275 Å². The van der Waals surface area contributed by atoms with E-state index in [4.69, 9.17) is 23.7 Å². The van der Waals surface area contributed by atoms with E-state index in [0.717, 1.165) is 11.1 Å². The van der Waals surface area contributed by atoms with Crippen molar-refractivity contribution in [2.45, 2.75) is 56.4 Å². The van der Waals surface area contributed by atoms with Crippen molar-refractivity contribution in [3.05, 3.63) is 133 Å². The zero-order valence-electron chi connectivity index (χ0n) is 26.5. The van der Waals surface area contributed by atoms with Crippen molar-refractivity contribution in [2.24, 2.45) is 11.8 Å². The smallest absolute Gasteiger partial charge is 0.338 e. The van der Waals surface area contributed by atoms with Crippen LogP contribution in [0.2, 0.25) is 0 Å². The van der Waals surface area contributed by atoms with Gasteiger partial charge in [0.1, 0.15) is 6.10 Å². The summed E-state index contributed by atoms with van der Waals surface area (Å²) in [4.78, 5) is 41.0. The molecule has 1 aliphatic rings. The average Bonchev–Trinajstić information content (AvgIpc) is 3.10. The molecule has 248 valence electrons. The first kappa shape index (κ1) is 35.3. The number of methoxy groups -OCH3 is 1. The Bertz CT molecular complexity index is 1440. The summed E-state index contributed by atoms with van der Waals surface area (Å²) in [5, 5.41) is 10.3. The molecule has 1 heterocycles. The molecule has 1 aliphatic heterocycles. The molecule has 0 unspecified atom stereocenters. The molecule has 0 aromatic heterocycles. The summed E-state index contributed by atoms with van der Waals surface area (Å²) in [5.41, 5.74) is 2.07. The second-order valence-electron chi connectivity index (χ2n) is 11.3. The number of hydrogen-bond acceptors (Lipinski definition) is 9. The predicted octanol–water partition coefficient (Wildman–Crippen LogP) is 5.27. The van der Waals surface area contributed by atoms with Gasteiger partial charge in [-0.15, -0.1) is 13.2 Å². The lowest BCUT2D eigenvalue weighted by Crippen LogP contribution is -2.63. The number of carbonyl (C=O) groups excluding carboxylic acids is 3. The normalized spacial score (nSPS) is 21.9. The van der Waals surface area contributed by atoms with Gasteiger partial charge >= 0.3 is 17.9 Å². The van der Waals surface area contributed by atoms with Crippen LogP contribution in [-0.4, -0.2) is 67.4 Å². The van der Waals surface area contributed by atoms with E-state index in [2.05, 4.69) is 13.2 Å². The number of esters is 3. The molecule has 0 bridgehead atoms. The van der Waals surface area contributed by atoms with Crippen molar-refractivity contribution < 1.29 is 43.2 Å². The Morgan fingerprint density at radius 3 is 1.64 bits per heavy atom. The highest BCUT2D eigenvalue weighted by molar-refractivity contribution is 5.89. The summed E-state index contributed by atoms with van der Waals surface area (Å²) in [6.45, 7) is 7.01. The standard InChI is InChI=1S/C38H42O9/c1-4-15-29(23-26-17-9-6-10-18-26)36(41)46-33-32(45-35(40)28-21-13-8-14-22-28)31(25-39)44-38(43-3)34(33)47-37(42)30(16-5-2)24-27-19-11-7-12-20-27/h4-14,17-22,29-34,38-39H,1-2,15-16,23-25H2,3H3/t29-,30-,31-,32-,33+,34+,38+/m1/s1. The molecule has 1 N–H and O–H groups in total. The SMILES string of the molecule is C=CC[C@H](Cc1ccccc1)C(=O)O[C@@H]1[C@H](OC(=O)[C@H](CC=C)Cc2ccccc2)[C@@H](OC)O[C@H](CO)[C@H]1OC(=O)c1ccccc1. The van der Waals surface area contributed by atoms with E-state index < -0.39 is 67.1 Å². The molecule has 0 saturated carbocycles. The van der Waals surface area contributed by atoms with E-state index in [1.165, 1.54) is 7.11 Å². The lowest BCUT2D eigenvalue weighted by Gasteiger charge is -2.44. The number of ether oxygens (including phenoxy) is 5. The third kappa shape index (κ3) is 9.71. The van der Waals surface area contributed by atoms with E-state index in [0.29, 0.717) is 25.7 Å². The van der Waals surface area contributed by atoms with Gasteiger partial charge in [0.15, 0.2) is 24.6 Å². The lowest BCUT2D eigenvalue weighted by atomic mass is 9.94. The van der Waals surface area contributed by atoms with Crippen molar-refractivity contribution in [3.8, 4) is 0 Å². The second kappa shape index (κ2) is 17.9. The molecular weight excluding hydrogens is 600 g/mol. The minimum absolute atomic E-state index is 0.235. The molecule has 47 heavy (non-hydrogen) atoms. The first-order valence-corrected chi connectivity index (χ1v) is 15.6. The Morgan fingerprint density at radius 1 is 0.723 bits per heavy atom. The molecular formula is C38H42O9. The maximum atomic E-state index is 13.9. The molecule has 0 aliphatic carbocycles. The highest BCUT2D eigenvalue weighted by Gasteiger charge is 2.53. The van der Waals surface area contributed by atoms with Gasteiger partial charge < -0.3 is 28.8 Å². The topological polar surface area (TPSA) is 118 Å². The van der Waals surface area contributed by atoms with Crippen LogP contribution in [-0.2, 0) is 46.1 Å². The number of rotatable bonds is 16. The quantitative estimate of drug-likeness (QED) is 0.127. The van der Waals surface area contributed by atoms with Gasteiger partial charge in [-0.05, 0) is 48.9 Å². The number of benzene rings is 3. The Morgan fingerprint density at radius 2 is 1.19 bits per heavy atom. The van der Waals surface area contributed by atoms with E-state index in [-0.39, 0.29) is 5.56 Å². The van der Waals surface area contributed by atoms with E-state index in [1.807, 2.05) is 60.7 Å². The van der Waals surface area contributed by atoms with Gasteiger partial charge in [-0.2, -0.15) is 0 Å². The maximum Gasteiger partial charge on any atom is 0.338 e. The summed E-state index contributed by atoms with van der Waals surface area (Å²) in [6.07, 6.45) is -1.93. The van der Waals surface area contributed by atoms with Crippen LogP contribution in [0, 0.1) is 11.8 Å². The molecule has 0 radical (unpaired) electrons. The lowest BCUT2D eigenvalue weighted by molar-refractivity contribution is -0.301. The fraction of sp³-hybridized carbons (Fsp3) is 0.342. The van der Waals surface area contributed by atoms with Crippen molar-refractivity contribution in [1.29, 1.82) is 0 Å². The number of allylic oxidation sites excluding steroid dienone is 2. The van der Waals surface area contributed by atoms with Gasteiger partial charge in [-0.1, -0.05) is 91.0 Å². The minimum Gasteiger partial charge on any atom is -0.454 e. The Kier molecular flexibility index (Phi) is 13.5. The second-order valence-corrected chi connectivity index (χ2v) is 11.3. The van der Waals surface area contributed by atoms with Crippen LogP contribution >= 0.6 is 0 Å². The third-order valence-electron chi connectivity index (χ3n) is 7.98. The van der Waals surface area contributed by atoms with E-state index in [9.17, 15) is 19.5 Å². The van der Waals surface area contributed by atoms with Crippen molar-refractivity contribution in [1.82, 2.24) is 0 Å². The summed E-state index contributed by atoms with van der Waals surface area (Å²) in [7, 11) is 1.34. The Balaban J connectivity index is 1.68. The molecule has 9 heteroatoms. The van der Waals surface area contributed by atoms with Crippen molar-refractivity contribution in [2.75, 3.05) is 13.7 Å². The molecule has 0 spiro atoms. The molecule has 0 amide bonds. The number of hydrogen-bond donors (Lipinski definition) is 1. The van der Waals surface area contributed by atoms with Crippen molar-refractivity contribution >= 4 is 17.9 Å². The van der Waals surface area contributed by atoms with Crippen LogP contribution in [0.5, 0.6) is 0 Å². The largest absolute Gasteiger partial charge is 0.454 e. The molecule has 1 saturated heterocycles. The molecule has 4 rings (SSSR count). The molecule has 1 fully saturated rings. The minimum atomic E-state index is -1.39. The van der Waals surface area contributed by atoms with Crippen LogP contribution < -0.4 is 0 Å². The van der Waals surface area contributed by atoms with Gasteiger partial charge in [-0.3, -0.25) is 9.59 Å². The number of carbonyl (C=O) groups is 3. The van der Waals surface area contributed by atoms with Gasteiger partial charge in [0, 0.05) is 7.11 Å². The fourth-order valence-electron chi connectivity index (χ4n) is 5.57. The van der Waals surface area contributed by atoms with Crippen LogP contribution in [0.15, 0.2) is 116 Å². The highest BCUT2D eigenvalue weighted by atomic mass is 16.7. The first-order chi connectivity index (χ1) is 22.9. The zero-order chi connectivity index (χ0) is 33.6. The van der Waals surface area contributed by atoms with Gasteiger partial charge in [0.25, 0.3) is 0 Å². The Hall–Kier alpha value is -4.57. The molecule has 3 aromatic carbocycles.